The number of amides is 2. The fraction of sp³-hybridized carbons (Fsp3) is 0.200. The van der Waals surface area contributed by atoms with Gasteiger partial charge in [-0.1, -0.05) is 59.0 Å². The van der Waals surface area contributed by atoms with Gasteiger partial charge in [0.05, 0.1) is 16.3 Å². The van der Waals surface area contributed by atoms with Gasteiger partial charge >= 0.3 is 0 Å². The second-order valence-electron chi connectivity index (χ2n) is 7.85. The lowest BCUT2D eigenvalue weighted by molar-refractivity contribution is -0.121. The van der Waals surface area contributed by atoms with Crippen LogP contribution in [0.15, 0.2) is 64.0 Å². The first kappa shape index (κ1) is 29.9. The van der Waals surface area contributed by atoms with E-state index in [-0.39, 0.29) is 32.5 Å². The van der Waals surface area contributed by atoms with E-state index < -0.39 is 34.1 Å². The Kier molecular flexibility index (Phi) is 10.1. The number of nitrogens with zero attached hydrogens (tertiary/aromatic N) is 1. The molecule has 2 amide bonds. The number of carbonyl (C=O) groups excluding carboxylic acids is 2. The Labute approximate surface area is 238 Å². The Morgan fingerprint density at radius 3 is 2.26 bits per heavy atom. The van der Waals surface area contributed by atoms with E-state index in [4.69, 9.17) is 27.9 Å². The number of hydrogen-bond acceptors (Lipinski definition) is 5. The lowest BCUT2D eigenvalue weighted by Crippen LogP contribution is -2.42. The van der Waals surface area contributed by atoms with Crippen LogP contribution in [0.1, 0.15) is 29.8 Å². The molecule has 202 valence electrons. The van der Waals surface area contributed by atoms with E-state index in [0.29, 0.717) is 22.6 Å². The van der Waals surface area contributed by atoms with Crippen molar-refractivity contribution in [2.75, 3.05) is 13.1 Å². The fourth-order valence-corrected chi connectivity index (χ4v) is 5.89. The van der Waals surface area contributed by atoms with Gasteiger partial charge in [-0.05, 0) is 48.5 Å². The molecule has 0 fully saturated rings. The molecular formula is C25H23BrCl2FN3O5S. The predicted molar refractivity (Wildman–Crippen MR) is 146 cm³/mol. The Hall–Kier alpha value is -2.70. The van der Waals surface area contributed by atoms with Crippen LogP contribution >= 0.6 is 39.1 Å². The van der Waals surface area contributed by atoms with Crippen LogP contribution in [0.5, 0.6) is 11.5 Å². The van der Waals surface area contributed by atoms with E-state index in [2.05, 4.69) is 26.8 Å². The van der Waals surface area contributed by atoms with Crippen LogP contribution in [-0.4, -0.2) is 37.6 Å². The first-order valence-electron chi connectivity index (χ1n) is 11.3. The van der Waals surface area contributed by atoms with Crippen LogP contribution in [-0.2, 0) is 21.2 Å². The summed E-state index contributed by atoms with van der Waals surface area (Å²) in [7, 11) is -3.67. The summed E-state index contributed by atoms with van der Waals surface area (Å²) in [5, 5.41) is 0.347. The van der Waals surface area contributed by atoms with Gasteiger partial charge in [0, 0.05) is 33.7 Å². The van der Waals surface area contributed by atoms with Crippen LogP contribution < -0.4 is 15.6 Å². The van der Waals surface area contributed by atoms with E-state index in [0.717, 1.165) is 0 Å². The molecule has 0 spiro atoms. The van der Waals surface area contributed by atoms with Crippen LogP contribution in [0.4, 0.5) is 4.39 Å². The van der Waals surface area contributed by atoms with Gasteiger partial charge in [-0.3, -0.25) is 20.4 Å². The van der Waals surface area contributed by atoms with Gasteiger partial charge in [-0.2, -0.15) is 4.31 Å². The van der Waals surface area contributed by atoms with E-state index in [1.807, 2.05) is 0 Å². The summed E-state index contributed by atoms with van der Waals surface area (Å²) in [5.41, 5.74) is 4.52. The van der Waals surface area contributed by atoms with E-state index in [9.17, 15) is 18.0 Å². The molecule has 0 saturated heterocycles. The smallest absolute Gasteiger partial charge is 0.269 e. The van der Waals surface area contributed by atoms with Crippen molar-refractivity contribution >= 4 is 61.0 Å². The topological polar surface area (TPSA) is 105 Å². The minimum Gasteiger partial charge on any atom is -0.453 e. The van der Waals surface area contributed by atoms with Crippen molar-refractivity contribution in [3.8, 4) is 11.5 Å². The number of ether oxygens (including phenoxy) is 1. The molecule has 0 aromatic heterocycles. The highest BCUT2D eigenvalue weighted by molar-refractivity contribution is 9.10. The van der Waals surface area contributed by atoms with Gasteiger partial charge in [-0.25, -0.2) is 12.8 Å². The number of benzene rings is 3. The predicted octanol–water partition coefficient (Wildman–Crippen LogP) is 5.72. The number of halogens is 4. The summed E-state index contributed by atoms with van der Waals surface area (Å²) in [4.78, 5) is 24.9. The first-order chi connectivity index (χ1) is 18.0. The normalized spacial score (nSPS) is 11.3. The molecule has 0 unspecified atom stereocenters. The summed E-state index contributed by atoms with van der Waals surface area (Å²) >= 11 is 15.4. The number of hydrazine groups is 1. The molecule has 3 aromatic carbocycles. The third-order valence-corrected chi connectivity index (χ3v) is 8.35. The molecule has 2 N–H and O–H groups in total. The minimum absolute atomic E-state index is 0.0116. The summed E-state index contributed by atoms with van der Waals surface area (Å²) < 4.78 is 47.8. The van der Waals surface area contributed by atoms with Gasteiger partial charge in [-0.15, -0.1) is 0 Å². The molecule has 13 heteroatoms. The van der Waals surface area contributed by atoms with E-state index >= 15 is 4.39 Å². The molecule has 0 heterocycles. The molecule has 3 rings (SSSR count). The zero-order valence-corrected chi connectivity index (χ0v) is 24.1. The maximum Gasteiger partial charge on any atom is 0.269 e. The van der Waals surface area contributed by atoms with Crippen LogP contribution in [0.2, 0.25) is 10.0 Å². The first-order valence-corrected chi connectivity index (χ1v) is 14.2. The SMILES string of the molecule is CCN(CC)S(=O)(=O)c1ccc(C(=O)NNC(=O)Cc2ccc(Cl)c(Oc3cc(Cl)cc(Br)c3)c2F)cc1. The molecule has 8 nitrogen and oxygen atoms in total. The van der Waals surface area contributed by atoms with Crippen molar-refractivity contribution in [2.45, 2.75) is 25.2 Å². The molecule has 3 aromatic rings. The molecule has 0 saturated carbocycles. The van der Waals surface area contributed by atoms with Gasteiger partial charge in [0.2, 0.25) is 15.9 Å². The Morgan fingerprint density at radius 1 is 1.00 bits per heavy atom. The van der Waals surface area contributed by atoms with Crippen LogP contribution in [0.3, 0.4) is 0 Å². The lowest BCUT2D eigenvalue weighted by atomic mass is 10.1. The monoisotopic (exact) mass is 645 g/mol. The zero-order chi connectivity index (χ0) is 28.0. The molecule has 0 aliphatic heterocycles. The van der Waals surface area contributed by atoms with Gasteiger partial charge < -0.3 is 4.74 Å². The van der Waals surface area contributed by atoms with Crippen molar-refractivity contribution in [1.82, 2.24) is 15.2 Å². The van der Waals surface area contributed by atoms with Crippen LogP contribution in [0, 0.1) is 5.82 Å². The maximum absolute atomic E-state index is 15.1. The largest absolute Gasteiger partial charge is 0.453 e. The van der Waals surface area contributed by atoms with E-state index in [1.54, 1.807) is 26.0 Å². The van der Waals surface area contributed by atoms with Crippen molar-refractivity contribution in [1.29, 1.82) is 0 Å². The second kappa shape index (κ2) is 12.9. The van der Waals surface area contributed by atoms with Gasteiger partial charge in [0.15, 0.2) is 11.6 Å². The van der Waals surface area contributed by atoms with Crippen molar-refractivity contribution in [2.24, 2.45) is 0 Å². The summed E-state index contributed by atoms with van der Waals surface area (Å²) in [6.45, 7) is 4.09. The number of sulfonamides is 1. The van der Waals surface area contributed by atoms with E-state index in [1.165, 1.54) is 46.8 Å². The maximum atomic E-state index is 15.1. The highest BCUT2D eigenvalue weighted by atomic mass is 79.9. The van der Waals surface area contributed by atoms with Crippen molar-refractivity contribution < 1.29 is 27.1 Å². The average molecular weight is 647 g/mol. The third kappa shape index (κ3) is 7.23. The lowest BCUT2D eigenvalue weighted by Gasteiger charge is -2.18. The summed E-state index contributed by atoms with van der Waals surface area (Å²) in [6, 6.07) is 12.7. The number of hydrogen-bond donors (Lipinski definition) is 2. The molecule has 38 heavy (non-hydrogen) atoms. The summed E-state index contributed by atoms with van der Waals surface area (Å²) in [6.07, 6.45) is -0.431. The number of rotatable bonds is 9. The summed E-state index contributed by atoms with van der Waals surface area (Å²) in [5.74, 6) is -2.29. The fourth-order valence-electron chi connectivity index (χ4n) is 3.42. The van der Waals surface area contributed by atoms with Crippen molar-refractivity contribution in [3.05, 3.63) is 86.1 Å². The molecule has 0 aliphatic carbocycles. The molecule has 0 bridgehead atoms. The highest BCUT2D eigenvalue weighted by Gasteiger charge is 2.22. The second-order valence-corrected chi connectivity index (χ2v) is 11.5. The highest BCUT2D eigenvalue weighted by Crippen LogP contribution is 2.36. The molecule has 0 aliphatic rings. The van der Waals surface area contributed by atoms with Crippen LogP contribution in [0.25, 0.3) is 0 Å². The third-order valence-electron chi connectivity index (χ3n) is 5.31. The number of nitrogens with one attached hydrogen (secondary N) is 2. The number of carbonyl (C=O) groups is 2. The minimum atomic E-state index is -3.67. The Bertz CT molecular complexity index is 1430. The average Bonchev–Trinajstić information content (AvgIpc) is 2.87. The van der Waals surface area contributed by atoms with Gasteiger partial charge in [0.1, 0.15) is 5.75 Å². The molecular weight excluding hydrogens is 624 g/mol. The Balaban J connectivity index is 1.65. The molecule has 0 radical (unpaired) electrons. The molecule has 0 atom stereocenters. The standard InChI is InChI=1S/C25H23BrCl2FN3O5S/c1-3-32(4-2)38(35,36)20-8-5-15(6-9-20)25(34)31-30-22(33)11-16-7-10-21(28)24(23(16)29)37-19-13-17(26)12-18(27)14-19/h5-10,12-14H,3-4,11H2,1-2H3,(H,30,33)(H,31,34). The Morgan fingerprint density at radius 2 is 1.66 bits per heavy atom. The zero-order valence-electron chi connectivity index (χ0n) is 20.2. The van der Waals surface area contributed by atoms with Crippen molar-refractivity contribution in [3.63, 3.8) is 0 Å². The quantitative estimate of drug-likeness (QED) is 0.289. The van der Waals surface area contributed by atoms with Gasteiger partial charge in [0.25, 0.3) is 5.91 Å².